The molecule has 0 unspecified atom stereocenters. The zero-order valence-corrected chi connectivity index (χ0v) is 9.36. The fourth-order valence-corrected chi connectivity index (χ4v) is 2.40. The van der Waals surface area contributed by atoms with Gasteiger partial charge in [0.05, 0.1) is 5.52 Å². The first kappa shape index (κ1) is 9.48. The Morgan fingerprint density at radius 3 is 2.88 bits per heavy atom. The van der Waals surface area contributed by atoms with Gasteiger partial charge in [-0.25, -0.2) is 4.98 Å². The van der Waals surface area contributed by atoms with Crippen molar-refractivity contribution in [3.8, 4) is 5.75 Å². The van der Waals surface area contributed by atoms with Gasteiger partial charge in [0, 0.05) is 29.5 Å². The predicted octanol–water partition coefficient (Wildman–Crippen LogP) is 3.09. The smallest absolute Gasteiger partial charge is 0.153 e. The number of halogens is 1. The van der Waals surface area contributed by atoms with Crippen LogP contribution in [0.25, 0.3) is 21.8 Å². The summed E-state index contributed by atoms with van der Waals surface area (Å²) < 4.78 is 1.99. The lowest BCUT2D eigenvalue weighted by atomic mass is 10.2. The highest BCUT2D eigenvalue weighted by Gasteiger charge is 2.11. The average molecular weight is 233 g/mol. The fourth-order valence-electron chi connectivity index (χ4n) is 2.12. The number of phenolic OH excluding ortho intramolecular Hbond substituents is 1. The summed E-state index contributed by atoms with van der Waals surface area (Å²) >= 11 is 6.08. The molecule has 0 bridgehead atoms. The number of hydrogen-bond donors (Lipinski definition) is 1. The Kier molecular flexibility index (Phi) is 1.85. The quantitative estimate of drug-likeness (QED) is 0.605. The maximum absolute atomic E-state index is 9.51. The zero-order valence-electron chi connectivity index (χ0n) is 8.61. The molecule has 0 fully saturated rings. The van der Waals surface area contributed by atoms with E-state index >= 15 is 0 Å². The first-order chi connectivity index (χ1) is 7.68. The van der Waals surface area contributed by atoms with Crippen molar-refractivity contribution >= 4 is 33.4 Å². The van der Waals surface area contributed by atoms with Gasteiger partial charge in [0.15, 0.2) is 5.15 Å². The van der Waals surface area contributed by atoms with Crippen LogP contribution >= 0.6 is 11.6 Å². The third-order valence-electron chi connectivity index (χ3n) is 2.85. The summed E-state index contributed by atoms with van der Waals surface area (Å²) in [5, 5.41) is 12.0. The molecule has 1 aromatic carbocycles. The molecule has 0 atom stereocenters. The van der Waals surface area contributed by atoms with Crippen LogP contribution in [-0.2, 0) is 7.05 Å². The number of phenols is 1. The minimum absolute atomic E-state index is 0.257. The van der Waals surface area contributed by atoms with Crippen molar-refractivity contribution in [1.82, 2.24) is 9.55 Å². The highest BCUT2D eigenvalue weighted by atomic mass is 35.5. The largest absolute Gasteiger partial charge is 0.508 e. The van der Waals surface area contributed by atoms with E-state index in [1.54, 1.807) is 18.3 Å². The van der Waals surface area contributed by atoms with Crippen LogP contribution in [0.5, 0.6) is 5.75 Å². The topological polar surface area (TPSA) is 38.0 Å². The lowest BCUT2D eigenvalue weighted by Crippen LogP contribution is -1.88. The highest BCUT2D eigenvalue weighted by Crippen LogP contribution is 2.32. The zero-order chi connectivity index (χ0) is 11.3. The molecule has 2 heterocycles. The van der Waals surface area contributed by atoms with Gasteiger partial charge < -0.3 is 9.67 Å². The lowest BCUT2D eigenvalue weighted by molar-refractivity contribution is 0.476. The van der Waals surface area contributed by atoms with Crippen LogP contribution in [-0.4, -0.2) is 14.7 Å². The number of benzene rings is 1. The van der Waals surface area contributed by atoms with Crippen LogP contribution in [0.3, 0.4) is 0 Å². The standard InChI is InChI=1S/C12H9ClN2O/c1-15-10-3-2-7(16)6-9(10)8-4-5-14-12(13)11(8)15/h2-6,16H,1H3. The van der Waals surface area contributed by atoms with Crippen LogP contribution < -0.4 is 0 Å². The Morgan fingerprint density at radius 2 is 2.06 bits per heavy atom. The normalized spacial score (nSPS) is 11.4. The van der Waals surface area contributed by atoms with Crippen molar-refractivity contribution in [3.05, 3.63) is 35.6 Å². The van der Waals surface area contributed by atoms with Crippen LogP contribution in [0.1, 0.15) is 0 Å². The second kappa shape index (κ2) is 3.12. The minimum Gasteiger partial charge on any atom is -0.508 e. The third kappa shape index (κ3) is 1.12. The summed E-state index contributed by atoms with van der Waals surface area (Å²) in [6, 6.07) is 7.19. The highest BCUT2D eigenvalue weighted by molar-refractivity contribution is 6.35. The van der Waals surface area contributed by atoms with Gasteiger partial charge in [-0.1, -0.05) is 11.6 Å². The van der Waals surface area contributed by atoms with E-state index in [1.165, 1.54) is 0 Å². The van der Waals surface area contributed by atoms with Crippen molar-refractivity contribution in [2.45, 2.75) is 0 Å². The molecule has 3 nitrogen and oxygen atoms in total. The maximum atomic E-state index is 9.51. The molecule has 16 heavy (non-hydrogen) atoms. The van der Waals surface area contributed by atoms with Gasteiger partial charge in [-0.3, -0.25) is 0 Å². The molecule has 4 heteroatoms. The number of rotatable bonds is 0. The fraction of sp³-hybridized carbons (Fsp3) is 0.0833. The lowest BCUT2D eigenvalue weighted by Gasteiger charge is -1.98. The number of fused-ring (bicyclic) bond motifs is 3. The molecule has 0 aliphatic rings. The monoisotopic (exact) mass is 232 g/mol. The molecular formula is C12H9ClN2O. The van der Waals surface area contributed by atoms with E-state index < -0.39 is 0 Å². The molecule has 0 saturated carbocycles. The van der Waals surface area contributed by atoms with Gasteiger partial charge in [-0.15, -0.1) is 0 Å². The second-order valence-electron chi connectivity index (χ2n) is 3.76. The van der Waals surface area contributed by atoms with Gasteiger partial charge >= 0.3 is 0 Å². The first-order valence-corrected chi connectivity index (χ1v) is 5.28. The van der Waals surface area contributed by atoms with E-state index in [0.29, 0.717) is 5.15 Å². The van der Waals surface area contributed by atoms with E-state index in [-0.39, 0.29) is 5.75 Å². The van der Waals surface area contributed by atoms with Crippen molar-refractivity contribution < 1.29 is 5.11 Å². The maximum Gasteiger partial charge on any atom is 0.153 e. The molecule has 1 N–H and O–H groups in total. The van der Waals surface area contributed by atoms with Crippen LogP contribution in [0, 0.1) is 0 Å². The second-order valence-corrected chi connectivity index (χ2v) is 4.12. The summed E-state index contributed by atoms with van der Waals surface area (Å²) in [6.45, 7) is 0. The average Bonchev–Trinajstić information content (AvgIpc) is 2.54. The van der Waals surface area contributed by atoms with E-state index in [2.05, 4.69) is 4.98 Å². The van der Waals surface area contributed by atoms with Gasteiger partial charge in [0.25, 0.3) is 0 Å². The Hall–Kier alpha value is -1.74. The molecular weight excluding hydrogens is 224 g/mol. The van der Waals surface area contributed by atoms with Gasteiger partial charge in [0.2, 0.25) is 0 Å². The van der Waals surface area contributed by atoms with Crippen molar-refractivity contribution in [2.24, 2.45) is 7.05 Å². The molecule has 2 aromatic heterocycles. The molecule has 0 spiro atoms. The van der Waals surface area contributed by atoms with E-state index in [1.807, 2.05) is 23.7 Å². The molecule has 80 valence electrons. The van der Waals surface area contributed by atoms with E-state index in [9.17, 15) is 5.11 Å². The van der Waals surface area contributed by atoms with E-state index in [4.69, 9.17) is 11.6 Å². The Morgan fingerprint density at radius 1 is 1.25 bits per heavy atom. The van der Waals surface area contributed by atoms with Gasteiger partial charge in [-0.05, 0) is 24.3 Å². The Labute approximate surface area is 96.9 Å². The van der Waals surface area contributed by atoms with Gasteiger partial charge in [-0.2, -0.15) is 0 Å². The van der Waals surface area contributed by atoms with Crippen molar-refractivity contribution in [2.75, 3.05) is 0 Å². The summed E-state index contributed by atoms with van der Waals surface area (Å²) in [5.74, 6) is 0.257. The molecule has 0 aliphatic heterocycles. The number of aryl methyl sites for hydroxylation is 1. The van der Waals surface area contributed by atoms with Crippen LogP contribution in [0.4, 0.5) is 0 Å². The number of pyridine rings is 1. The third-order valence-corrected chi connectivity index (χ3v) is 3.12. The van der Waals surface area contributed by atoms with Crippen molar-refractivity contribution in [3.63, 3.8) is 0 Å². The summed E-state index contributed by atoms with van der Waals surface area (Å²) in [7, 11) is 1.94. The van der Waals surface area contributed by atoms with Gasteiger partial charge in [0.1, 0.15) is 5.75 Å². The molecule has 3 rings (SSSR count). The number of aromatic hydroxyl groups is 1. The van der Waals surface area contributed by atoms with Crippen LogP contribution in [0.2, 0.25) is 5.15 Å². The molecule has 0 saturated heterocycles. The Balaban J connectivity index is 2.65. The number of hydrogen-bond acceptors (Lipinski definition) is 2. The number of aromatic nitrogens is 2. The first-order valence-electron chi connectivity index (χ1n) is 4.90. The van der Waals surface area contributed by atoms with E-state index in [0.717, 1.165) is 21.8 Å². The Bertz CT molecular complexity index is 703. The van der Waals surface area contributed by atoms with Crippen LogP contribution in [0.15, 0.2) is 30.5 Å². The summed E-state index contributed by atoms with van der Waals surface area (Å²) in [4.78, 5) is 4.07. The number of nitrogens with zero attached hydrogens (tertiary/aromatic N) is 2. The predicted molar refractivity (Wildman–Crippen MR) is 64.9 cm³/mol. The SMILES string of the molecule is Cn1c2ccc(O)cc2c2ccnc(Cl)c21. The molecule has 3 aromatic rings. The minimum atomic E-state index is 0.257. The molecule has 0 aliphatic carbocycles. The molecule has 0 radical (unpaired) electrons. The molecule has 0 amide bonds. The van der Waals surface area contributed by atoms with Crippen molar-refractivity contribution in [1.29, 1.82) is 0 Å². The summed E-state index contributed by atoms with van der Waals surface area (Å²) in [5.41, 5.74) is 1.92. The summed E-state index contributed by atoms with van der Waals surface area (Å²) in [6.07, 6.45) is 1.67.